The fraction of sp³-hybridized carbons (Fsp3) is 0.433. The molecule has 0 saturated heterocycles. The number of aryl methyl sites for hydroxylation is 1. The number of carbonyl (C=O) groups is 1. The molecule has 1 heterocycles. The number of aliphatic hydroxyl groups is 1. The number of carboxylic acid groups (broad SMARTS) is 1. The van der Waals surface area contributed by atoms with Crippen molar-refractivity contribution >= 4 is 27.3 Å². The molecule has 7 nitrogen and oxygen atoms in total. The number of rotatable bonds is 13. The van der Waals surface area contributed by atoms with Crippen LogP contribution in [0.5, 0.6) is 0 Å². The number of likely N-dealkylation sites (N-methyl/N-ethyl adjacent to an activating group) is 1. The van der Waals surface area contributed by atoms with Gasteiger partial charge in [0.25, 0.3) is 10.0 Å². The number of aliphatic carboxylic acids is 1. The van der Waals surface area contributed by atoms with Crippen molar-refractivity contribution in [1.29, 1.82) is 0 Å². The highest BCUT2D eigenvalue weighted by molar-refractivity contribution is 7.91. The Bertz CT molecular complexity index is 1370. The van der Waals surface area contributed by atoms with Crippen LogP contribution in [0.25, 0.3) is 10.4 Å². The van der Waals surface area contributed by atoms with Gasteiger partial charge in [-0.15, -0.1) is 11.3 Å². The van der Waals surface area contributed by atoms with E-state index in [1.165, 1.54) is 33.8 Å². The summed E-state index contributed by atoms with van der Waals surface area (Å²) in [6, 6.07) is 19.4. The molecule has 0 spiro atoms. The summed E-state index contributed by atoms with van der Waals surface area (Å²) in [6.45, 7) is 4.55. The molecule has 0 fully saturated rings. The number of nitrogens with one attached hydrogen (secondary N) is 1. The second-order valence-electron chi connectivity index (χ2n) is 11.2. The molecular weight excluding hydrogens is 532 g/mol. The third kappa shape index (κ3) is 7.77. The first kappa shape index (κ1) is 29.4. The van der Waals surface area contributed by atoms with Crippen LogP contribution in [-0.4, -0.2) is 60.7 Å². The first-order valence-electron chi connectivity index (χ1n) is 13.3. The van der Waals surface area contributed by atoms with E-state index in [0.717, 1.165) is 35.3 Å². The number of fused-ring (bicyclic) bond motifs is 1. The number of hydrogen-bond donors (Lipinski definition) is 3. The van der Waals surface area contributed by atoms with E-state index >= 15 is 0 Å². The minimum Gasteiger partial charge on any atom is -0.481 e. The molecule has 0 saturated carbocycles. The molecule has 0 radical (unpaired) electrons. The van der Waals surface area contributed by atoms with Gasteiger partial charge in [0.15, 0.2) is 0 Å². The fourth-order valence-electron chi connectivity index (χ4n) is 5.34. The van der Waals surface area contributed by atoms with Gasteiger partial charge in [0.2, 0.25) is 0 Å². The number of β-amino-alcohol motifs (C(OH)–C–C–N with tert-alkyl or cyclic N) is 1. The molecular formula is C30H38N2O5S2. The molecule has 39 heavy (non-hydrogen) atoms. The van der Waals surface area contributed by atoms with Gasteiger partial charge in [-0.05, 0) is 79.8 Å². The maximum atomic E-state index is 13.2. The summed E-state index contributed by atoms with van der Waals surface area (Å²) in [6.07, 6.45) is 2.72. The van der Waals surface area contributed by atoms with Crippen molar-refractivity contribution in [3.8, 4) is 10.4 Å². The van der Waals surface area contributed by atoms with E-state index in [-0.39, 0.29) is 22.7 Å². The highest BCUT2D eigenvalue weighted by Gasteiger charge is 2.30. The zero-order valence-electron chi connectivity index (χ0n) is 22.8. The van der Waals surface area contributed by atoms with E-state index in [0.29, 0.717) is 18.9 Å². The Hall–Kier alpha value is -2.56. The minimum absolute atomic E-state index is 0.0157. The lowest BCUT2D eigenvalue weighted by molar-refractivity contribution is -0.136. The molecule has 0 amide bonds. The van der Waals surface area contributed by atoms with E-state index in [1.54, 1.807) is 12.1 Å². The van der Waals surface area contributed by atoms with E-state index in [4.69, 9.17) is 5.11 Å². The number of hydrogen-bond acceptors (Lipinski definition) is 6. The molecule has 210 valence electrons. The molecule has 1 aromatic heterocycles. The van der Waals surface area contributed by atoms with Crippen LogP contribution in [0.2, 0.25) is 0 Å². The van der Waals surface area contributed by atoms with Crippen LogP contribution in [0, 0.1) is 5.92 Å². The number of aliphatic hydroxyl groups excluding tert-OH is 1. The van der Waals surface area contributed by atoms with Crippen molar-refractivity contribution in [1.82, 2.24) is 9.62 Å². The van der Waals surface area contributed by atoms with Gasteiger partial charge in [0.1, 0.15) is 4.21 Å². The van der Waals surface area contributed by atoms with Crippen LogP contribution in [0.4, 0.5) is 0 Å². The van der Waals surface area contributed by atoms with Gasteiger partial charge in [-0.2, -0.15) is 4.31 Å². The predicted molar refractivity (Wildman–Crippen MR) is 156 cm³/mol. The largest absolute Gasteiger partial charge is 0.481 e. The van der Waals surface area contributed by atoms with Gasteiger partial charge in [-0.25, -0.2) is 8.42 Å². The third-order valence-electron chi connectivity index (χ3n) is 7.30. The molecule has 3 aromatic rings. The van der Waals surface area contributed by atoms with Crippen LogP contribution in [0.3, 0.4) is 0 Å². The molecule has 2 aromatic carbocycles. The zero-order valence-corrected chi connectivity index (χ0v) is 24.4. The molecule has 0 aliphatic heterocycles. The maximum absolute atomic E-state index is 13.2. The molecule has 1 atom stereocenters. The van der Waals surface area contributed by atoms with Crippen molar-refractivity contribution in [2.24, 2.45) is 5.92 Å². The third-order valence-corrected chi connectivity index (χ3v) is 10.7. The van der Waals surface area contributed by atoms with Crippen LogP contribution >= 0.6 is 11.3 Å². The second kappa shape index (κ2) is 12.3. The Morgan fingerprint density at radius 2 is 1.79 bits per heavy atom. The number of nitrogens with zero attached hydrogens (tertiary/aromatic N) is 1. The zero-order chi connectivity index (χ0) is 28.2. The Morgan fingerprint density at radius 3 is 2.46 bits per heavy atom. The van der Waals surface area contributed by atoms with Crippen molar-refractivity contribution in [3.63, 3.8) is 0 Å². The lowest BCUT2D eigenvalue weighted by Crippen LogP contribution is -2.47. The summed E-state index contributed by atoms with van der Waals surface area (Å²) in [5.41, 5.74) is 4.40. The average molecular weight is 571 g/mol. The quantitative estimate of drug-likeness (QED) is 0.278. The van der Waals surface area contributed by atoms with Crippen LogP contribution in [0.15, 0.2) is 64.9 Å². The molecule has 4 rings (SSSR count). The maximum Gasteiger partial charge on any atom is 0.303 e. The van der Waals surface area contributed by atoms with Gasteiger partial charge in [0, 0.05) is 37.0 Å². The summed E-state index contributed by atoms with van der Waals surface area (Å²) in [7, 11) is -2.28. The van der Waals surface area contributed by atoms with Gasteiger partial charge in [0.05, 0.1) is 6.10 Å². The summed E-state index contributed by atoms with van der Waals surface area (Å²) in [5.74, 6) is -0.301. The van der Waals surface area contributed by atoms with Crippen molar-refractivity contribution in [2.75, 3.05) is 20.1 Å². The van der Waals surface area contributed by atoms with Crippen LogP contribution in [-0.2, 0) is 34.1 Å². The molecule has 1 aliphatic rings. The Morgan fingerprint density at radius 1 is 1.10 bits per heavy atom. The van der Waals surface area contributed by atoms with Crippen LogP contribution < -0.4 is 5.32 Å². The molecule has 3 N–H and O–H groups in total. The number of benzene rings is 2. The number of thiophene rings is 1. The van der Waals surface area contributed by atoms with Crippen LogP contribution in [0.1, 0.15) is 43.4 Å². The average Bonchev–Trinajstić information content (AvgIpc) is 3.54. The Kier molecular flexibility index (Phi) is 9.29. The minimum atomic E-state index is -3.77. The molecule has 0 bridgehead atoms. The number of carboxylic acids is 1. The normalized spacial score (nSPS) is 15.0. The smallest absolute Gasteiger partial charge is 0.303 e. The molecule has 1 aliphatic carbocycles. The standard InChI is InChI=1S/C30H38N2O5S2/c1-30(2,18-22-16-23-8-4-5-9-24(23)17-22)31-19-26(33)20-32(3)39(36,37)29-14-12-27(38-29)25-10-6-7-21(15-25)11-13-28(34)35/h4-10,12,14-15,22,26,31,33H,11,13,16-20H2,1-3H3,(H,34,35)/t26-/m1/s1. The lowest BCUT2D eigenvalue weighted by atomic mass is 9.88. The van der Waals surface area contributed by atoms with Crippen molar-refractivity contribution in [3.05, 3.63) is 77.4 Å². The Balaban J connectivity index is 1.30. The fourth-order valence-corrected chi connectivity index (χ4v) is 8.06. The summed E-state index contributed by atoms with van der Waals surface area (Å²) < 4.78 is 27.9. The predicted octanol–water partition coefficient (Wildman–Crippen LogP) is 4.59. The van der Waals surface area contributed by atoms with E-state index in [1.807, 2.05) is 24.3 Å². The second-order valence-corrected chi connectivity index (χ2v) is 14.5. The first-order valence-corrected chi connectivity index (χ1v) is 15.6. The Labute approximate surface area is 235 Å². The first-order chi connectivity index (χ1) is 18.4. The van der Waals surface area contributed by atoms with Gasteiger partial charge < -0.3 is 15.5 Å². The summed E-state index contributed by atoms with van der Waals surface area (Å²) in [4.78, 5) is 11.7. The topological polar surface area (TPSA) is 107 Å². The lowest BCUT2D eigenvalue weighted by Gasteiger charge is -2.31. The van der Waals surface area contributed by atoms with E-state index in [2.05, 4.69) is 43.4 Å². The van der Waals surface area contributed by atoms with Gasteiger partial charge >= 0.3 is 5.97 Å². The van der Waals surface area contributed by atoms with E-state index < -0.39 is 22.1 Å². The summed E-state index contributed by atoms with van der Waals surface area (Å²) in [5, 5.41) is 23.1. The van der Waals surface area contributed by atoms with Crippen molar-refractivity contribution < 1.29 is 23.4 Å². The highest BCUT2D eigenvalue weighted by atomic mass is 32.2. The monoisotopic (exact) mass is 570 g/mol. The van der Waals surface area contributed by atoms with Gasteiger partial charge in [-0.3, -0.25) is 4.79 Å². The van der Waals surface area contributed by atoms with Gasteiger partial charge in [-0.1, -0.05) is 48.5 Å². The number of sulfonamides is 1. The van der Waals surface area contributed by atoms with E-state index in [9.17, 15) is 18.3 Å². The SMILES string of the molecule is CN(C[C@H](O)CNC(C)(C)CC1Cc2ccccc2C1)S(=O)(=O)c1ccc(-c2cccc(CCC(=O)O)c2)s1. The highest BCUT2D eigenvalue weighted by Crippen LogP contribution is 2.33. The molecule has 9 heteroatoms. The summed E-state index contributed by atoms with van der Waals surface area (Å²) >= 11 is 1.17. The van der Waals surface area contributed by atoms with Crippen molar-refractivity contribution in [2.45, 2.75) is 61.8 Å². The molecule has 0 unspecified atom stereocenters.